The molecule has 0 aromatic carbocycles. The summed E-state index contributed by atoms with van der Waals surface area (Å²) >= 11 is 0. The highest BCUT2D eigenvalue weighted by molar-refractivity contribution is 5.79. The van der Waals surface area contributed by atoms with Gasteiger partial charge in [0, 0.05) is 23.5 Å². The van der Waals surface area contributed by atoms with Crippen LogP contribution in [0.5, 0.6) is 0 Å². The van der Waals surface area contributed by atoms with Gasteiger partial charge in [0.15, 0.2) is 0 Å². The van der Waals surface area contributed by atoms with Gasteiger partial charge in [-0.1, -0.05) is 0 Å². The predicted octanol–water partition coefficient (Wildman–Crippen LogP) is 2.48. The lowest BCUT2D eigenvalue weighted by atomic mass is 9.93. The van der Waals surface area contributed by atoms with Crippen LogP contribution in [0.1, 0.15) is 42.5 Å². The molecule has 2 aliphatic rings. The van der Waals surface area contributed by atoms with E-state index in [0.717, 1.165) is 5.82 Å². The third kappa shape index (κ3) is 1.40. The van der Waals surface area contributed by atoms with Crippen LogP contribution in [0.15, 0.2) is 29.6 Å². The van der Waals surface area contributed by atoms with Gasteiger partial charge in [0.2, 0.25) is 0 Å². The number of aliphatic imine (C=N–C) groups is 1. The van der Waals surface area contributed by atoms with Gasteiger partial charge < -0.3 is 10.3 Å². The SMILES string of the molecule is C1=NC(c2cnn(C3CCC3)c2)c2cc[nH]c2N1. The summed E-state index contributed by atoms with van der Waals surface area (Å²) in [6, 6.07) is 2.75. The molecule has 4 rings (SSSR count). The van der Waals surface area contributed by atoms with Gasteiger partial charge in [-0.2, -0.15) is 5.10 Å². The van der Waals surface area contributed by atoms with Crippen LogP contribution in [-0.4, -0.2) is 21.1 Å². The molecule has 1 aliphatic carbocycles. The zero-order valence-corrected chi connectivity index (χ0v) is 10.0. The van der Waals surface area contributed by atoms with Crippen molar-refractivity contribution in [1.82, 2.24) is 14.8 Å². The Labute approximate surface area is 105 Å². The highest BCUT2D eigenvalue weighted by atomic mass is 15.3. The number of anilines is 1. The number of hydrogen-bond acceptors (Lipinski definition) is 3. The Kier molecular flexibility index (Phi) is 2.06. The minimum atomic E-state index is 0.0707. The molecule has 0 saturated heterocycles. The molecular weight excluding hydrogens is 226 g/mol. The highest BCUT2D eigenvalue weighted by Gasteiger charge is 2.24. The second-order valence-electron chi connectivity index (χ2n) is 4.97. The molecule has 92 valence electrons. The van der Waals surface area contributed by atoms with Gasteiger partial charge in [-0.15, -0.1) is 0 Å². The molecular formula is C13H15N5. The molecule has 5 nitrogen and oxygen atoms in total. The Morgan fingerprint density at radius 1 is 1.33 bits per heavy atom. The lowest BCUT2D eigenvalue weighted by Crippen LogP contribution is -2.17. The van der Waals surface area contributed by atoms with Crippen LogP contribution in [0.3, 0.4) is 0 Å². The van der Waals surface area contributed by atoms with Crippen molar-refractivity contribution in [3.63, 3.8) is 0 Å². The average Bonchev–Trinajstić information content (AvgIpc) is 2.93. The van der Waals surface area contributed by atoms with Crippen LogP contribution in [0.2, 0.25) is 0 Å². The van der Waals surface area contributed by atoms with E-state index >= 15 is 0 Å². The van der Waals surface area contributed by atoms with Crippen molar-refractivity contribution in [3.05, 3.63) is 35.8 Å². The summed E-state index contributed by atoms with van der Waals surface area (Å²) in [5.41, 5.74) is 2.35. The number of fused-ring (bicyclic) bond motifs is 1. The summed E-state index contributed by atoms with van der Waals surface area (Å²) < 4.78 is 2.10. The van der Waals surface area contributed by atoms with Crippen LogP contribution in [0, 0.1) is 0 Å². The maximum absolute atomic E-state index is 4.52. The fourth-order valence-corrected chi connectivity index (χ4v) is 2.60. The lowest BCUT2D eigenvalue weighted by Gasteiger charge is -2.25. The molecule has 0 amide bonds. The van der Waals surface area contributed by atoms with Crippen LogP contribution in [0.4, 0.5) is 5.82 Å². The second-order valence-corrected chi connectivity index (χ2v) is 4.97. The summed E-state index contributed by atoms with van der Waals surface area (Å²) in [7, 11) is 0. The predicted molar refractivity (Wildman–Crippen MR) is 69.9 cm³/mol. The topological polar surface area (TPSA) is 58.0 Å². The fourth-order valence-electron chi connectivity index (χ4n) is 2.60. The second kappa shape index (κ2) is 3.73. The summed E-state index contributed by atoms with van der Waals surface area (Å²) in [4.78, 5) is 7.70. The first-order valence-corrected chi connectivity index (χ1v) is 6.41. The standard InChI is InChI=1S/C13H15N5/c1-2-10(3-1)18-7-9(6-17-18)12-11-4-5-14-13(11)16-8-15-12/h4-8,10,12,14H,1-3H2,(H,15,16). The number of H-pyrrole nitrogens is 1. The Morgan fingerprint density at radius 2 is 2.28 bits per heavy atom. The maximum Gasteiger partial charge on any atom is 0.114 e. The normalized spacial score (nSPS) is 22.3. The van der Waals surface area contributed by atoms with E-state index in [1.54, 1.807) is 6.34 Å². The smallest absolute Gasteiger partial charge is 0.114 e. The van der Waals surface area contributed by atoms with Gasteiger partial charge in [0.05, 0.1) is 18.6 Å². The first kappa shape index (κ1) is 9.94. The van der Waals surface area contributed by atoms with Crippen molar-refractivity contribution in [2.75, 3.05) is 5.32 Å². The molecule has 2 aromatic rings. The zero-order valence-electron chi connectivity index (χ0n) is 10.0. The van der Waals surface area contributed by atoms with E-state index < -0.39 is 0 Å². The molecule has 1 saturated carbocycles. The van der Waals surface area contributed by atoms with E-state index in [0.29, 0.717) is 6.04 Å². The van der Waals surface area contributed by atoms with Crippen molar-refractivity contribution in [3.8, 4) is 0 Å². The van der Waals surface area contributed by atoms with E-state index in [-0.39, 0.29) is 6.04 Å². The molecule has 3 heterocycles. The van der Waals surface area contributed by atoms with Gasteiger partial charge in [-0.05, 0) is 25.3 Å². The molecule has 0 spiro atoms. The first-order chi connectivity index (χ1) is 8.92. The van der Waals surface area contributed by atoms with E-state index in [1.807, 2.05) is 12.4 Å². The molecule has 5 heteroatoms. The van der Waals surface area contributed by atoms with Crippen LogP contribution >= 0.6 is 0 Å². The summed E-state index contributed by atoms with van der Waals surface area (Å²) in [6.07, 6.45) is 11.6. The van der Waals surface area contributed by atoms with Gasteiger partial charge in [-0.25, -0.2) is 0 Å². The summed E-state index contributed by atoms with van der Waals surface area (Å²) in [5, 5.41) is 7.60. The quantitative estimate of drug-likeness (QED) is 0.848. The van der Waals surface area contributed by atoms with Gasteiger partial charge >= 0.3 is 0 Å². The number of nitrogens with zero attached hydrogens (tertiary/aromatic N) is 3. The lowest BCUT2D eigenvalue weighted by molar-refractivity contribution is 0.289. The number of aromatic nitrogens is 3. The van der Waals surface area contributed by atoms with Crippen molar-refractivity contribution in [2.24, 2.45) is 4.99 Å². The fraction of sp³-hybridized carbons (Fsp3) is 0.385. The van der Waals surface area contributed by atoms with Gasteiger partial charge in [0.1, 0.15) is 11.9 Å². The monoisotopic (exact) mass is 241 g/mol. The van der Waals surface area contributed by atoms with Crippen LogP contribution in [0.25, 0.3) is 0 Å². The van der Waals surface area contributed by atoms with E-state index in [9.17, 15) is 0 Å². The Bertz CT molecular complexity index is 590. The Morgan fingerprint density at radius 3 is 3.11 bits per heavy atom. The van der Waals surface area contributed by atoms with Crippen LogP contribution in [-0.2, 0) is 0 Å². The van der Waals surface area contributed by atoms with Crippen molar-refractivity contribution < 1.29 is 0 Å². The number of aromatic amines is 1. The van der Waals surface area contributed by atoms with Crippen LogP contribution < -0.4 is 5.32 Å². The maximum atomic E-state index is 4.52. The third-order valence-corrected chi connectivity index (χ3v) is 3.89. The molecule has 2 aromatic heterocycles. The van der Waals surface area contributed by atoms with Crippen molar-refractivity contribution >= 4 is 12.2 Å². The minimum Gasteiger partial charge on any atom is -0.348 e. The van der Waals surface area contributed by atoms with Crippen molar-refractivity contribution in [2.45, 2.75) is 31.3 Å². The molecule has 1 fully saturated rings. The molecule has 2 N–H and O–H groups in total. The molecule has 18 heavy (non-hydrogen) atoms. The summed E-state index contributed by atoms with van der Waals surface area (Å²) in [6.45, 7) is 0. The number of rotatable bonds is 2. The third-order valence-electron chi connectivity index (χ3n) is 3.89. The van der Waals surface area contributed by atoms with E-state index in [4.69, 9.17) is 0 Å². The van der Waals surface area contributed by atoms with Gasteiger partial charge in [0.25, 0.3) is 0 Å². The van der Waals surface area contributed by atoms with E-state index in [1.165, 1.54) is 30.4 Å². The Balaban J connectivity index is 1.68. The molecule has 1 aliphatic heterocycles. The zero-order chi connectivity index (χ0) is 11.9. The van der Waals surface area contributed by atoms with Gasteiger partial charge in [-0.3, -0.25) is 9.67 Å². The first-order valence-electron chi connectivity index (χ1n) is 6.41. The summed E-state index contributed by atoms with van der Waals surface area (Å²) in [5.74, 6) is 1.03. The Hall–Kier alpha value is -2.04. The molecule has 0 radical (unpaired) electrons. The molecule has 1 unspecified atom stereocenters. The van der Waals surface area contributed by atoms with Crippen molar-refractivity contribution in [1.29, 1.82) is 0 Å². The number of nitrogens with one attached hydrogen (secondary N) is 2. The molecule has 0 bridgehead atoms. The highest BCUT2D eigenvalue weighted by Crippen LogP contribution is 2.35. The minimum absolute atomic E-state index is 0.0707. The van der Waals surface area contributed by atoms with E-state index in [2.05, 4.69) is 37.3 Å². The number of hydrogen-bond donors (Lipinski definition) is 2. The largest absolute Gasteiger partial charge is 0.348 e. The molecule has 1 atom stereocenters. The average molecular weight is 241 g/mol.